The number of halogens is 1. The predicted octanol–water partition coefficient (Wildman–Crippen LogP) is 2.45. The molecule has 0 atom stereocenters. The summed E-state index contributed by atoms with van der Waals surface area (Å²) in [4.78, 5) is 16.4. The van der Waals surface area contributed by atoms with E-state index in [0.29, 0.717) is 16.6 Å². The summed E-state index contributed by atoms with van der Waals surface area (Å²) < 4.78 is 0. The average Bonchev–Trinajstić information content (AvgIpc) is 2.33. The Labute approximate surface area is 118 Å². The van der Waals surface area contributed by atoms with Gasteiger partial charge in [-0.3, -0.25) is 4.79 Å². The molecule has 0 aromatic carbocycles. The number of alkyl halides is 1. The van der Waals surface area contributed by atoms with Crippen LogP contribution in [-0.2, 0) is 10.1 Å². The van der Waals surface area contributed by atoms with E-state index in [4.69, 9.17) is 7.85 Å². The van der Waals surface area contributed by atoms with Crippen LogP contribution in [0.4, 0.5) is 5.82 Å². The summed E-state index contributed by atoms with van der Waals surface area (Å²) in [5.74, 6) is 0.532. The minimum Gasteiger partial charge on any atom is -0.310 e. The number of hydrogen-bond acceptors (Lipinski definition) is 2. The fourth-order valence-corrected chi connectivity index (χ4v) is 1.83. The molecule has 1 N–H and O–H groups in total. The van der Waals surface area contributed by atoms with Crippen molar-refractivity contribution < 1.29 is 4.79 Å². The molecule has 0 fully saturated rings. The van der Waals surface area contributed by atoms with Crippen LogP contribution in [0.3, 0.4) is 0 Å². The lowest BCUT2D eigenvalue weighted by atomic mass is 9.88. The zero-order valence-corrected chi connectivity index (χ0v) is 12.9. The summed E-state index contributed by atoms with van der Waals surface area (Å²) in [6, 6.07) is 1.81. The fourth-order valence-electron chi connectivity index (χ4n) is 1.37. The third-order valence-electron chi connectivity index (χ3n) is 3.22. The maximum absolute atomic E-state index is 12.1. The van der Waals surface area contributed by atoms with E-state index in [1.165, 1.54) is 0 Å². The summed E-state index contributed by atoms with van der Waals surface area (Å²) in [6.07, 6.45) is 0.776. The van der Waals surface area contributed by atoms with Crippen molar-refractivity contribution in [1.29, 1.82) is 0 Å². The van der Waals surface area contributed by atoms with Crippen molar-refractivity contribution in [2.24, 2.45) is 5.41 Å². The van der Waals surface area contributed by atoms with Gasteiger partial charge in [0.15, 0.2) is 0 Å². The van der Waals surface area contributed by atoms with Gasteiger partial charge in [0.25, 0.3) is 0 Å². The first-order chi connectivity index (χ1) is 8.31. The van der Waals surface area contributed by atoms with E-state index in [1.54, 1.807) is 6.07 Å². The number of aryl methyl sites for hydroxylation is 1. The van der Waals surface area contributed by atoms with E-state index in [1.807, 2.05) is 27.7 Å². The van der Waals surface area contributed by atoms with Crippen LogP contribution in [0.1, 0.15) is 38.4 Å². The second kappa shape index (κ2) is 5.87. The highest BCUT2D eigenvalue weighted by molar-refractivity contribution is 9.08. The molecule has 5 heteroatoms. The molecule has 0 saturated heterocycles. The van der Waals surface area contributed by atoms with Gasteiger partial charge in [0.2, 0.25) is 5.91 Å². The van der Waals surface area contributed by atoms with E-state index in [-0.39, 0.29) is 5.91 Å². The van der Waals surface area contributed by atoms with Crippen molar-refractivity contribution in [3.8, 4) is 0 Å². The molecule has 96 valence electrons. The lowest BCUT2D eigenvalue weighted by Crippen LogP contribution is -2.31. The predicted molar refractivity (Wildman–Crippen MR) is 79.7 cm³/mol. The highest BCUT2D eigenvalue weighted by Crippen LogP contribution is 2.22. The second-order valence-corrected chi connectivity index (χ2v) is 5.55. The number of nitrogens with zero attached hydrogens (tertiary/aromatic N) is 1. The van der Waals surface area contributed by atoms with Gasteiger partial charge in [0, 0.05) is 16.4 Å². The van der Waals surface area contributed by atoms with Gasteiger partial charge in [-0.1, -0.05) is 42.2 Å². The van der Waals surface area contributed by atoms with Gasteiger partial charge in [0.05, 0.1) is 0 Å². The lowest BCUT2D eigenvalue weighted by molar-refractivity contribution is -0.124. The summed E-state index contributed by atoms with van der Waals surface area (Å²) in [6.45, 7) is 7.66. The van der Waals surface area contributed by atoms with Crippen molar-refractivity contribution in [1.82, 2.24) is 4.98 Å². The van der Waals surface area contributed by atoms with Gasteiger partial charge in [0.1, 0.15) is 13.7 Å². The highest BCUT2D eigenvalue weighted by Gasteiger charge is 2.25. The van der Waals surface area contributed by atoms with E-state index in [0.717, 1.165) is 17.7 Å². The maximum Gasteiger partial charge on any atom is 0.231 e. The number of hydrogen-bond donors (Lipinski definition) is 1. The van der Waals surface area contributed by atoms with Gasteiger partial charge >= 0.3 is 0 Å². The van der Waals surface area contributed by atoms with Crippen molar-refractivity contribution in [3.63, 3.8) is 0 Å². The number of carbonyl (C=O) groups is 1. The summed E-state index contributed by atoms with van der Waals surface area (Å²) in [7, 11) is 5.90. The van der Waals surface area contributed by atoms with Crippen molar-refractivity contribution in [3.05, 3.63) is 17.3 Å². The molecule has 0 aliphatic heterocycles. The topological polar surface area (TPSA) is 42.0 Å². The normalized spacial score (nSPS) is 11.4. The molecule has 18 heavy (non-hydrogen) atoms. The molecule has 0 bridgehead atoms. The monoisotopic (exact) mass is 308 g/mol. The van der Waals surface area contributed by atoms with E-state index >= 15 is 0 Å². The molecule has 0 aliphatic rings. The minimum atomic E-state index is -0.397. The van der Waals surface area contributed by atoms with Crippen LogP contribution in [-0.4, -0.2) is 18.7 Å². The van der Waals surface area contributed by atoms with Crippen LogP contribution in [0.25, 0.3) is 0 Å². The molecule has 0 unspecified atom stereocenters. The molecule has 0 saturated carbocycles. The molecule has 1 aromatic heterocycles. The highest BCUT2D eigenvalue weighted by atomic mass is 79.9. The van der Waals surface area contributed by atoms with Crippen LogP contribution < -0.4 is 10.8 Å². The molecule has 1 aromatic rings. The van der Waals surface area contributed by atoms with Crippen LogP contribution in [0, 0.1) is 12.3 Å². The van der Waals surface area contributed by atoms with Crippen molar-refractivity contribution >= 4 is 41.0 Å². The zero-order valence-electron chi connectivity index (χ0n) is 11.3. The standard InChI is InChI=1S/C13H18BBrN2O/c1-5-13(3,4)12(18)17-10-6-9(7-15)11(14)8(2)16-10/h6H,5,7H2,1-4H3,(H,16,17,18). The SMILES string of the molecule is [B]c1c(CBr)cc(NC(=O)C(C)(C)CC)nc1C. The van der Waals surface area contributed by atoms with Crippen LogP contribution in [0.5, 0.6) is 0 Å². The third kappa shape index (κ3) is 3.34. The largest absolute Gasteiger partial charge is 0.310 e. The number of carbonyl (C=O) groups excluding carboxylic acids is 1. The lowest BCUT2D eigenvalue weighted by Gasteiger charge is -2.21. The number of nitrogens with one attached hydrogen (secondary N) is 1. The number of pyridine rings is 1. The summed E-state index contributed by atoms with van der Waals surface area (Å²) in [5.41, 5.74) is 1.94. The van der Waals surface area contributed by atoms with E-state index in [9.17, 15) is 4.79 Å². The van der Waals surface area contributed by atoms with Crippen LogP contribution >= 0.6 is 15.9 Å². The Morgan fingerprint density at radius 1 is 1.56 bits per heavy atom. The Hall–Kier alpha value is -0.835. The maximum atomic E-state index is 12.1. The number of aromatic nitrogens is 1. The summed E-state index contributed by atoms with van der Waals surface area (Å²) >= 11 is 3.38. The van der Waals surface area contributed by atoms with Crippen LogP contribution in [0.2, 0.25) is 0 Å². The van der Waals surface area contributed by atoms with Gasteiger partial charge in [-0.05, 0) is 25.0 Å². The molecule has 0 spiro atoms. The molecule has 1 heterocycles. The molecule has 2 radical (unpaired) electrons. The quantitative estimate of drug-likeness (QED) is 0.686. The zero-order chi connectivity index (χ0) is 13.9. The molecule has 0 aliphatic carbocycles. The van der Waals surface area contributed by atoms with E-state index in [2.05, 4.69) is 26.2 Å². The molecule has 1 rings (SSSR count). The third-order valence-corrected chi connectivity index (χ3v) is 3.82. The van der Waals surface area contributed by atoms with E-state index < -0.39 is 5.41 Å². The molecular weight excluding hydrogens is 291 g/mol. The van der Waals surface area contributed by atoms with Gasteiger partial charge in [-0.2, -0.15) is 0 Å². The molecule has 1 amide bonds. The second-order valence-electron chi connectivity index (χ2n) is 4.99. The Morgan fingerprint density at radius 2 is 2.17 bits per heavy atom. The molecule has 3 nitrogen and oxygen atoms in total. The first-order valence-electron chi connectivity index (χ1n) is 5.95. The minimum absolute atomic E-state index is 0.0257. The Kier molecular flexibility index (Phi) is 4.96. The molecular formula is C13H18BBrN2O. The Balaban J connectivity index is 2.99. The number of rotatable bonds is 4. The van der Waals surface area contributed by atoms with Crippen molar-refractivity contribution in [2.75, 3.05) is 5.32 Å². The first-order valence-corrected chi connectivity index (χ1v) is 7.07. The van der Waals surface area contributed by atoms with Gasteiger partial charge in [-0.15, -0.1) is 0 Å². The van der Waals surface area contributed by atoms with Gasteiger partial charge in [-0.25, -0.2) is 4.98 Å². The Bertz CT molecular complexity index is 461. The Morgan fingerprint density at radius 3 is 2.67 bits per heavy atom. The number of anilines is 1. The van der Waals surface area contributed by atoms with Gasteiger partial charge < -0.3 is 5.32 Å². The fraction of sp³-hybridized carbons (Fsp3) is 0.538. The number of amides is 1. The first kappa shape index (κ1) is 15.2. The smallest absolute Gasteiger partial charge is 0.231 e. The van der Waals surface area contributed by atoms with Crippen molar-refractivity contribution in [2.45, 2.75) is 39.4 Å². The average molecular weight is 309 g/mol. The van der Waals surface area contributed by atoms with Crippen LogP contribution in [0.15, 0.2) is 6.07 Å². The summed E-state index contributed by atoms with van der Waals surface area (Å²) in [5, 5.41) is 3.49.